The molecular weight excluding hydrogens is 182 g/mol. The van der Waals surface area contributed by atoms with Crippen molar-refractivity contribution in [1.29, 1.82) is 0 Å². The molecule has 2 unspecified atom stereocenters. The molecule has 0 amide bonds. The van der Waals surface area contributed by atoms with E-state index in [4.69, 9.17) is 5.73 Å². The van der Waals surface area contributed by atoms with Crippen LogP contribution in [0.15, 0.2) is 0 Å². The standard InChI is InChI=1S/C14H31N/c1-4-6-7-8-11-14(5-2)13(3)10-9-12-15/h13-14H,4-12,15H2,1-3H3. The first-order chi connectivity index (χ1) is 7.26. The first-order valence-electron chi connectivity index (χ1n) is 6.96. The quantitative estimate of drug-likeness (QED) is 0.536. The van der Waals surface area contributed by atoms with Crippen LogP contribution in [0, 0.1) is 11.8 Å². The zero-order chi connectivity index (χ0) is 11.5. The molecule has 0 aliphatic heterocycles. The van der Waals surface area contributed by atoms with Crippen LogP contribution in [0.1, 0.15) is 72.1 Å². The molecule has 0 aliphatic rings. The van der Waals surface area contributed by atoms with Crippen molar-refractivity contribution in [3.05, 3.63) is 0 Å². The van der Waals surface area contributed by atoms with Crippen molar-refractivity contribution in [1.82, 2.24) is 0 Å². The molecule has 0 saturated heterocycles. The molecule has 2 atom stereocenters. The lowest BCUT2D eigenvalue weighted by Gasteiger charge is -2.22. The van der Waals surface area contributed by atoms with Gasteiger partial charge in [-0.2, -0.15) is 0 Å². The van der Waals surface area contributed by atoms with Gasteiger partial charge in [0.2, 0.25) is 0 Å². The van der Waals surface area contributed by atoms with E-state index < -0.39 is 0 Å². The van der Waals surface area contributed by atoms with Gasteiger partial charge in [-0.05, 0) is 31.2 Å². The highest BCUT2D eigenvalue weighted by atomic mass is 14.5. The van der Waals surface area contributed by atoms with E-state index >= 15 is 0 Å². The van der Waals surface area contributed by atoms with E-state index in [9.17, 15) is 0 Å². The first-order valence-corrected chi connectivity index (χ1v) is 6.96. The maximum atomic E-state index is 5.56. The normalized spacial score (nSPS) is 15.2. The molecule has 0 aliphatic carbocycles. The molecule has 0 fully saturated rings. The molecule has 0 spiro atoms. The highest BCUT2D eigenvalue weighted by Gasteiger charge is 2.14. The minimum Gasteiger partial charge on any atom is -0.330 e. The second kappa shape index (κ2) is 10.5. The van der Waals surface area contributed by atoms with Crippen molar-refractivity contribution in [3.63, 3.8) is 0 Å². The zero-order valence-electron chi connectivity index (χ0n) is 11.1. The van der Waals surface area contributed by atoms with Crippen molar-refractivity contribution in [2.24, 2.45) is 17.6 Å². The van der Waals surface area contributed by atoms with Crippen molar-refractivity contribution < 1.29 is 0 Å². The third-order valence-corrected chi connectivity index (χ3v) is 3.62. The van der Waals surface area contributed by atoms with E-state index in [0.717, 1.165) is 18.4 Å². The molecule has 0 radical (unpaired) electrons. The average molecular weight is 213 g/mol. The van der Waals surface area contributed by atoms with Crippen molar-refractivity contribution in [3.8, 4) is 0 Å². The topological polar surface area (TPSA) is 26.0 Å². The maximum absolute atomic E-state index is 5.56. The van der Waals surface area contributed by atoms with Crippen molar-refractivity contribution in [2.45, 2.75) is 72.1 Å². The van der Waals surface area contributed by atoms with Gasteiger partial charge < -0.3 is 5.73 Å². The third-order valence-electron chi connectivity index (χ3n) is 3.62. The SMILES string of the molecule is CCCCCCC(CC)C(C)CCCN. The Labute approximate surface area is 96.8 Å². The van der Waals surface area contributed by atoms with E-state index in [1.54, 1.807) is 0 Å². The molecule has 0 aromatic carbocycles. The molecule has 1 nitrogen and oxygen atoms in total. The van der Waals surface area contributed by atoms with Gasteiger partial charge in [0.1, 0.15) is 0 Å². The van der Waals surface area contributed by atoms with Crippen LogP contribution < -0.4 is 5.73 Å². The average Bonchev–Trinajstić information content (AvgIpc) is 2.26. The van der Waals surface area contributed by atoms with E-state index in [1.165, 1.54) is 51.4 Å². The van der Waals surface area contributed by atoms with Crippen molar-refractivity contribution >= 4 is 0 Å². The van der Waals surface area contributed by atoms with Crippen molar-refractivity contribution in [2.75, 3.05) is 6.54 Å². The van der Waals surface area contributed by atoms with Gasteiger partial charge in [-0.15, -0.1) is 0 Å². The number of unbranched alkanes of at least 4 members (excludes halogenated alkanes) is 3. The Kier molecular flexibility index (Phi) is 10.4. The monoisotopic (exact) mass is 213 g/mol. The van der Waals surface area contributed by atoms with Crippen LogP contribution in [0.3, 0.4) is 0 Å². The van der Waals surface area contributed by atoms with Gasteiger partial charge in [-0.25, -0.2) is 0 Å². The maximum Gasteiger partial charge on any atom is -0.00772 e. The summed E-state index contributed by atoms with van der Waals surface area (Å²) in [6, 6.07) is 0. The zero-order valence-corrected chi connectivity index (χ0v) is 11.1. The molecule has 0 bridgehead atoms. The molecule has 92 valence electrons. The summed E-state index contributed by atoms with van der Waals surface area (Å²) >= 11 is 0. The predicted octanol–water partition coefficient (Wildman–Crippen LogP) is 4.36. The molecule has 0 rings (SSSR count). The van der Waals surface area contributed by atoms with Crippen LogP contribution in [-0.2, 0) is 0 Å². The molecule has 0 heterocycles. The van der Waals surface area contributed by atoms with Gasteiger partial charge in [-0.3, -0.25) is 0 Å². The Hall–Kier alpha value is -0.0400. The Morgan fingerprint density at radius 3 is 2.20 bits per heavy atom. The van der Waals surface area contributed by atoms with Crippen LogP contribution in [-0.4, -0.2) is 6.54 Å². The Balaban J connectivity index is 3.60. The van der Waals surface area contributed by atoms with Crippen LogP contribution in [0.4, 0.5) is 0 Å². The second-order valence-corrected chi connectivity index (χ2v) is 4.93. The fraction of sp³-hybridized carbons (Fsp3) is 1.00. The molecule has 0 saturated carbocycles. The summed E-state index contributed by atoms with van der Waals surface area (Å²) in [5.74, 6) is 1.81. The smallest absolute Gasteiger partial charge is 0.00772 e. The predicted molar refractivity (Wildman–Crippen MR) is 70.0 cm³/mol. The largest absolute Gasteiger partial charge is 0.330 e. The Bertz CT molecular complexity index is 123. The highest BCUT2D eigenvalue weighted by molar-refractivity contribution is 4.66. The van der Waals surface area contributed by atoms with E-state index in [0.29, 0.717) is 0 Å². The highest BCUT2D eigenvalue weighted by Crippen LogP contribution is 2.25. The Morgan fingerprint density at radius 2 is 1.67 bits per heavy atom. The van der Waals surface area contributed by atoms with Crippen LogP contribution in [0.2, 0.25) is 0 Å². The van der Waals surface area contributed by atoms with Gasteiger partial charge in [0.05, 0.1) is 0 Å². The van der Waals surface area contributed by atoms with Gasteiger partial charge in [0, 0.05) is 0 Å². The summed E-state index contributed by atoms with van der Waals surface area (Å²) in [6.45, 7) is 7.88. The summed E-state index contributed by atoms with van der Waals surface area (Å²) in [5, 5.41) is 0. The molecule has 1 heteroatoms. The van der Waals surface area contributed by atoms with Gasteiger partial charge >= 0.3 is 0 Å². The van der Waals surface area contributed by atoms with Crippen LogP contribution in [0.25, 0.3) is 0 Å². The summed E-state index contributed by atoms with van der Waals surface area (Å²) in [7, 11) is 0. The summed E-state index contributed by atoms with van der Waals surface area (Å²) < 4.78 is 0. The summed E-state index contributed by atoms with van der Waals surface area (Å²) in [6.07, 6.45) is 10.9. The Morgan fingerprint density at radius 1 is 0.933 bits per heavy atom. The van der Waals surface area contributed by atoms with Gasteiger partial charge in [-0.1, -0.05) is 59.3 Å². The minimum absolute atomic E-state index is 0.858. The lowest BCUT2D eigenvalue weighted by atomic mass is 9.84. The number of nitrogens with two attached hydrogens (primary N) is 1. The van der Waals surface area contributed by atoms with Crippen LogP contribution in [0.5, 0.6) is 0 Å². The van der Waals surface area contributed by atoms with E-state index in [2.05, 4.69) is 20.8 Å². The fourth-order valence-electron chi connectivity index (χ4n) is 2.40. The lowest BCUT2D eigenvalue weighted by Crippen LogP contribution is -2.13. The second-order valence-electron chi connectivity index (χ2n) is 4.93. The molecule has 15 heavy (non-hydrogen) atoms. The summed E-state index contributed by atoms with van der Waals surface area (Å²) in [5.41, 5.74) is 5.56. The van der Waals surface area contributed by atoms with E-state index in [-0.39, 0.29) is 0 Å². The van der Waals surface area contributed by atoms with Gasteiger partial charge in [0.25, 0.3) is 0 Å². The fourth-order valence-corrected chi connectivity index (χ4v) is 2.40. The molecule has 0 aromatic heterocycles. The molecule has 0 aromatic rings. The number of rotatable bonds is 10. The first kappa shape index (κ1) is 15.0. The van der Waals surface area contributed by atoms with E-state index in [1.807, 2.05) is 0 Å². The minimum atomic E-state index is 0.858. The number of hydrogen-bond donors (Lipinski definition) is 1. The third kappa shape index (κ3) is 7.84. The molecular formula is C14H31N. The summed E-state index contributed by atoms with van der Waals surface area (Å²) in [4.78, 5) is 0. The van der Waals surface area contributed by atoms with Gasteiger partial charge in [0.15, 0.2) is 0 Å². The molecule has 2 N–H and O–H groups in total. The lowest BCUT2D eigenvalue weighted by molar-refractivity contribution is 0.295. The van der Waals surface area contributed by atoms with Crippen LogP contribution >= 0.6 is 0 Å². The number of hydrogen-bond acceptors (Lipinski definition) is 1.